The molecule has 1 aromatic carbocycles. The Morgan fingerprint density at radius 1 is 1.16 bits per heavy atom. The average Bonchev–Trinajstić information content (AvgIpc) is 3.13. The van der Waals surface area contributed by atoms with Crippen molar-refractivity contribution in [2.75, 3.05) is 39.4 Å². The van der Waals surface area contributed by atoms with Gasteiger partial charge in [0.25, 0.3) is 11.5 Å². The van der Waals surface area contributed by atoms with Crippen molar-refractivity contribution in [3.05, 3.63) is 63.0 Å². The molecule has 3 aromatic rings. The van der Waals surface area contributed by atoms with Crippen molar-refractivity contribution in [2.24, 2.45) is 0 Å². The SMILES string of the molecule is CCOCCn1cnc2sc(C(=O)N3CCN(Cc4ccccc4)CC3)c(C)c2c1=O. The van der Waals surface area contributed by atoms with Crippen LogP contribution in [-0.4, -0.2) is 64.7 Å². The van der Waals surface area contributed by atoms with E-state index in [-0.39, 0.29) is 11.5 Å². The van der Waals surface area contributed by atoms with Crippen LogP contribution in [0.2, 0.25) is 0 Å². The molecule has 0 aliphatic carbocycles. The summed E-state index contributed by atoms with van der Waals surface area (Å²) in [5.74, 6) is 0.000118. The minimum Gasteiger partial charge on any atom is -0.380 e. The first-order valence-electron chi connectivity index (χ1n) is 10.7. The summed E-state index contributed by atoms with van der Waals surface area (Å²) in [7, 11) is 0. The highest BCUT2D eigenvalue weighted by atomic mass is 32.1. The number of carbonyl (C=O) groups excluding carboxylic acids is 1. The molecule has 1 saturated heterocycles. The van der Waals surface area contributed by atoms with E-state index >= 15 is 0 Å². The molecule has 8 heteroatoms. The predicted molar refractivity (Wildman–Crippen MR) is 123 cm³/mol. The standard InChI is InChI=1S/C23H28N4O3S/c1-3-30-14-13-27-16-24-21-19(22(27)28)17(2)20(31-21)23(29)26-11-9-25(10-12-26)15-18-7-5-4-6-8-18/h4-8,16H,3,9-15H2,1-2H3. The first-order chi connectivity index (χ1) is 15.1. The lowest BCUT2D eigenvalue weighted by molar-refractivity contribution is 0.0632. The van der Waals surface area contributed by atoms with E-state index < -0.39 is 0 Å². The van der Waals surface area contributed by atoms with Gasteiger partial charge < -0.3 is 9.64 Å². The molecule has 0 saturated carbocycles. The minimum absolute atomic E-state index is 0.000118. The quantitative estimate of drug-likeness (QED) is 0.529. The molecule has 7 nitrogen and oxygen atoms in total. The first kappa shape index (κ1) is 21.7. The molecule has 1 fully saturated rings. The van der Waals surface area contributed by atoms with Gasteiger partial charge in [-0.1, -0.05) is 30.3 Å². The molecule has 1 aliphatic rings. The molecule has 1 aliphatic heterocycles. The van der Waals surface area contributed by atoms with E-state index in [4.69, 9.17) is 4.74 Å². The lowest BCUT2D eigenvalue weighted by Crippen LogP contribution is -2.48. The van der Waals surface area contributed by atoms with Gasteiger partial charge in [-0.15, -0.1) is 11.3 Å². The summed E-state index contributed by atoms with van der Waals surface area (Å²) in [5.41, 5.74) is 1.92. The maximum atomic E-state index is 13.2. The maximum absolute atomic E-state index is 13.2. The maximum Gasteiger partial charge on any atom is 0.264 e. The largest absolute Gasteiger partial charge is 0.380 e. The third-order valence-corrected chi connectivity index (χ3v) is 6.89. The number of aryl methyl sites for hydroxylation is 1. The molecule has 0 radical (unpaired) electrons. The summed E-state index contributed by atoms with van der Waals surface area (Å²) >= 11 is 1.32. The molecule has 0 bridgehead atoms. The zero-order valence-electron chi connectivity index (χ0n) is 18.0. The van der Waals surface area contributed by atoms with Crippen molar-refractivity contribution in [2.45, 2.75) is 26.9 Å². The Bertz CT molecular complexity index is 1100. The van der Waals surface area contributed by atoms with Crippen LogP contribution in [0.15, 0.2) is 41.5 Å². The van der Waals surface area contributed by atoms with E-state index in [9.17, 15) is 9.59 Å². The molecule has 164 valence electrons. The van der Waals surface area contributed by atoms with E-state index in [1.807, 2.05) is 24.8 Å². The van der Waals surface area contributed by atoms with Gasteiger partial charge in [0.15, 0.2) is 0 Å². The number of ether oxygens (including phenoxy) is 1. The number of thiophene rings is 1. The van der Waals surface area contributed by atoms with E-state index in [0.717, 1.165) is 25.2 Å². The van der Waals surface area contributed by atoms with Crippen molar-refractivity contribution in [1.29, 1.82) is 0 Å². The number of amides is 1. The molecule has 2 aromatic heterocycles. The van der Waals surface area contributed by atoms with Crippen LogP contribution in [0, 0.1) is 6.92 Å². The monoisotopic (exact) mass is 440 g/mol. The zero-order chi connectivity index (χ0) is 21.8. The summed E-state index contributed by atoms with van der Waals surface area (Å²) in [6, 6.07) is 10.4. The summed E-state index contributed by atoms with van der Waals surface area (Å²) < 4.78 is 6.92. The number of hydrogen-bond donors (Lipinski definition) is 0. The number of nitrogens with zero attached hydrogens (tertiary/aromatic N) is 4. The number of rotatable bonds is 7. The van der Waals surface area contributed by atoms with Gasteiger partial charge in [-0.25, -0.2) is 4.98 Å². The number of benzene rings is 1. The highest BCUT2D eigenvalue weighted by Gasteiger charge is 2.26. The van der Waals surface area contributed by atoms with Crippen molar-refractivity contribution in [3.63, 3.8) is 0 Å². The second-order valence-electron chi connectivity index (χ2n) is 7.73. The van der Waals surface area contributed by atoms with Crippen LogP contribution in [0.5, 0.6) is 0 Å². The second kappa shape index (κ2) is 9.72. The Labute approximate surface area is 185 Å². The van der Waals surface area contributed by atoms with Gasteiger partial charge in [0.1, 0.15) is 4.83 Å². The lowest BCUT2D eigenvalue weighted by Gasteiger charge is -2.34. The van der Waals surface area contributed by atoms with Gasteiger partial charge in [0, 0.05) is 39.3 Å². The van der Waals surface area contributed by atoms with E-state index in [0.29, 0.717) is 47.9 Å². The molecule has 0 atom stereocenters. The van der Waals surface area contributed by atoms with Crippen LogP contribution in [-0.2, 0) is 17.8 Å². The van der Waals surface area contributed by atoms with Crippen molar-refractivity contribution >= 4 is 27.5 Å². The zero-order valence-corrected chi connectivity index (χ0v) is 18.9. The molecule has 1 amide bonds. The van der Waals surface area contributed by atoms with Gasteiger partial charge in [-0.2, -0.15) is 0 Å². The van der Waals surface area contributed by atoms with Crippen molar-refractivity contribution < 1.29 is 9.53 Å². The van der Waals surface area contributed by atoms with E-state index in [1.54, 1.807) is 10.9 Å². The van der Waals surface area contributed by atoms with Gasteiger partial charge in [0.2, 0.25) is 0 Å². The van der Waals surface area contributed by atoms with Crippen LogP contribution in [0.25, 0.3) is 10.2 Å². The average molecular weight is 441 g/mol. The third kappa shape index (κ3) is 4.71. The second-order valence-corrected chi connectivity index (χ2v) is 8.73. The number of carbonyl (C=O) groups is 1. The fourth-order valence-electron chi connectivity index (χ4n) is 3.92. The molecule has 31 heavy (non-hydrogen) atoms. The Balaban J connectivity index is 1.46. The van der Waals surface area contributed by atoms with Crippen LogP contribution < -0.4 is 5.56 Å². The molecule has 4 rings (SSSR count). The topological polar surface area (TPSA) is 67.7 Å². The van der Waals surface area contributed by atoms with E-state index in [2.05, 4.69) is 34.1 Å². The van der Waals surface area contributed by atoms with Crippen molar-refractivity contribution in [3.8, 4) is 0 Å². The first-order valence-corrected chi connectivity index (χ1v) is 11.5. The molecule has 3 heterocycles. The molecule has 0 unspecified atom stereocenters. The number of hydrogen-bond acceptors (Lipinski definition) is 6. The van der Waals surface area contributed by atoms with Crippen molar-refractivity contribution in [1.82, 2.24) is 19.4 Å². The molecular weight excluding hydrogens is 412 g/mol. The summed E-state index contributed by atoms with van der Waals surface area (Å²) in [4.78, 5) is 36.1. The fraction of sp³-hybridized carbons (Fsp3) is 0.435. The molecular formula is C23H28N4O3S. The van der Waals surface area contributed by atoms with Gasteiger partial charge in [0.05, 0.1) is 29.7 Å². The summed E-state index contributed by atoms with van der Waals surface area (Å²) in [6.45, 7) is 9.26. The highest BCUT2D eigenvalue weighted by Crippen LogP contribution is 2.28. The predicted octanol–water partition coefficient (Wildman–Crippen LogP) is 2.76. The van der Waals surface area contributed by atoms with Gasteiger partial charge >= 0.3 is 0 Å². The smallest absolute Gasteiger partial charge is 0.264 e. The van der Waals surface area contributed by atoms with Gasteiger partial charge in [-0.3, -0.25) is 19.1 Å². The Morgan fingerprint density at radius 3 is 2.61 bits per heavy atom. The van der Waals surface area contributed by atoms with Crippen LogP contribution in [0.4, 0.5) is 0 Å². The lowest BCUT2D eigenvalue weighted by atomic mass is 10.1. The Morgan fingerprint density at radius 2 is 1.90 bits per heavy atom. The van der Waals surface area contributed by atoms with Gasteiger partial charge in [-0.05, 0) is 25.0 Å². The Kier molecular flexibility index (Phi) is 6.80. The number of aromatic nitrogens is 2. The van der Waals surface area contributed by atoms with E-state index in [1.165, 1.54) is 16.9 Å². The molecule has 0 N–H and O–H groups in total. The highest BCUT2D eigenvalue weighted by molar-refractivity contribution is 7.20. The van der Waals surface area contributed by atoms with Crippen LogP contribution in [0.1, 0.15) is 27.7 Å². The normalized spacial score (nSPS) is 15.0. The van der Waals surface area contributed by atoms with Crippen LogP contribution >= 0.6 is 11.3 Å². The number of fused-ring (bicyclic) bond motifs is 1. The van der Waals surface area contributed by atoms with Crippen LogP contribution in [0.3, 0.4) is 0 Å². The molecule has 0 spiro atoms. The summed E-state index contributed by atoms with van der Waals surface area (Å²) in [5, 5.41) is 0.551. The third-order valence-electron chi connectivity index (χ3n) is 5.70. The Hall–Kier alpha value is -2.55. The minimum atomic E-state index is -0.106. The summed E-state index contributed by atoms with van der Waals surface area (Å²) in [6.07, 6.45) is 1.55. The number of piperazine rings is 1. The fourth-order valence-corrected chi connectivity index (χ4v) is 5.03.